The van der Waals surface area contributed by atoms with E-state index in [1.54, 1.807) is 32.2 Å². The number of hydrogen-bond donors (Lipinski definition) is 1. The van der Waals surface area contributed by atoms with Crippen LogP contribution in [0.2, 0.25) is 5.02 Å². The minimum Gasteiger partial charge on any atom is -0.463 e. The maximum absolute atomic E-state index is 13.1. The average Bonchev–Trinajstić information content (AvgIpc) is 2.76. The summed E-state index contributed by atoms with van der Waals surface area (Å²) in [5, 5.41) is 3.43. The van der Waals surface area contributed by atoms with E-state index < -0.39 is 12.0 Å². The molecular formula is C24H33ClN4O4. The van der Waals surface area contributed by atoms with Gasteiger partial charge in [-0.25, -0.2) is 9.59 Å². The van der Waals surface area contributed by atoms with Crippen molar-refractivity contribution in [2.45, 2.75) is 33.2 Å². The summed E-state index contributed by atoms with van der Waals surface area (Å²) in [7, 11) is 1.65. The van der Waals surface area contributed by atoms with Crippen LogP contribution in [0.5, 0.6) is 0 Å². The molecular weight excluding hydrogens is 444 g/mol. The smallest absolute Gasteiger partial charge is 0.338 e. The number of esters is 1. The third-order valence-corrected chi connectivity index (χ3v) is 6.17. The first-order valence-corrected chi connectivity index (χ1v) is 11.8. The fraction of sp³-hybridized carbons (Fsp3) is 0.542. The highest BCUT2D eigenvalue weighted by Gasteiger charge is 2.37. The number of hydrogen-bond acceptors (Lipinski definition) is 5. The first-order chi connectivity index (χ1) is 15.7. The van der Waals surface area contributed by atoms with E-state index in [0.29, 0.717) is 66.9 Å². The van der Waals surface area contributed by atoms with Gasteiger partial charge >= 0.3 is 12.0 Å². The summed E-state index contributed by atoms with van der Waals surface area (Å²) >= 11 is 6.18. The van der Waals surface area contributed by atoms with Gasteiger partial charge in [0.1, 0.15) is 0 Å². The van der Waals surface area contributed by atoms with Gasteiger partial charge in [-0.05, 0) is 30.5 Å². The number of benzene rings is 1. The Morgan fingerprint density at radius 1 is 1.21 bits per heavy atom. The number of carbonyl (C=O) groups excluding carboxylic acids is 3. The molecule has 1 saturated heterocycles. The third kappa shape index (κ3) is 6.06. The molecule has 3 amide bonds. The number of likely N-dealkylation sites (N-methyl/N-ethyl adjacent to an activating group) is 1. The van der Waals surface area contributed by atoms with Crippen LogP contribution in [0.3, 0.4) is 0 Å². The molecule has 1 aromatic carbocycles. The van der Waals surface area contributed by atoms with Gasteiger partial charge in [0.25, 0.3) is 0 Å². The van der Waals surface area contributed by atoms with Gasteiger partial charge in [0, 0.05) is 56.9 Å². The Kier molecular flexibility index (Phi) is 8.37. The number of halogens is 1. The van der Waals surface area contributed by atoms with Crippen molar-refractivity contribution in [1.29, 1.82) is 0 Å². The first-order valence-electron chi connectivity index (χ1n) is 11.4. The molecule has 0 aliphatic carbocycles. The normalized spacial score (nSPS) is 19.7. The fourth-order valence-electron chi connectivity index (χ4n) is 4.18. The second-order valence-electron chi connectivity index (χ2n) is 8.83. The van der Waals surface area contributed by atoms with Crippen LogP contribution in [0.4, 0.5) is 4.79 Å². The van der Waals surface area contributed by atoms with E-state index in [9.17, 15) is 14.4 Å². The highest BCUT2D eigenvalue weighted by Crippen LogP contribution is 2.32. The van der Waals surface area contributed by atoms with E-state index >= 15 is 0 Å². The van der Waals surface area contributed by atoms with Crippen molar-refractivity contribution in [3.8, 4) is 0 Å². The number of piperazine rings is 1. The van der Waals surface area contributed by atoms with Crippen molar-refractivity contribution < 1.29 is 19.1 Å². The van der Waals surface area contributed by atoms with Gasteiger partial charge in [-0.3, -0.25) is 14.6 Å². The molecule has 0 radical (unpaired) electrons. The zero-order valence-electron chi connectivity index (χ0n) is 19.8. The molecule has 2 aliphatic rings. The molecule has 9 heteroatoms. The van der Waals surface area contributed by atoms with Crippen LogP contribution in [0.15, 0.2) is 35.5 Å². The van der Waals surface area contributed by atoms with E-state index in [-0.39, 0.29) is 18.5 Å². The molecule has 180 valence electrons. The molecule has 1 fully saturated rings. The zero-order valence-corrected chi connectivity index (χ0v) is 20.5. The molecule has 2 heterocycles. The SMILES string of the molecule is CCOC(=O)C1=C(CN2CCN(C(=O)CC(C)C)CC2)N(C)C(=O)NC1c1cccc(Cl)c1. The maximum Gasteiger partial charge on any atom is 0.338 e. The lowest BCUT2D eigenvalue weighted by Gasteiger charge is -2.39. The number of nitrogens with one attached hydrogen (secondary N) is 1. The Balaban J connectivity index is 1.87. The third-order valence-electron chi connectivity index (χ3n) is 5.94. The number of amides is 3. The molecule has 1 unspecified atom stereocenters. The van der Waals surface area contributed by atoms with Crippen molar-refractivity contribution >= 4 is 29.5 Å². The largest absolute Gasteiger partial charge is 0.463 e. The number of urea groups is 1. The molecule has 0 aromatic heterocycles. The number of rotatable bonds is 7. The van der Waals surface area contributed by atoms with E-state index in [1.807, 2.05) is 24.8 Å². The van der Waals surface area contributed by atoms with Crippen LogP contribution < -0.4 is 5.32 Å². The van der Waals surface area contributed by atoms with Crippen molar-refractivity contribution in [2.75, 3.05) is 46.4 Å². The van der Waals surface area contributed by atoms with E-state index in [4.69, 9.17) is 16.3 Å². The molecule has 1 N–H and O–H groups in total. The Morgan fingerprint density at radius 2 is 1.91 bits per heavy atom. The lowest BCUT2D eigenvalue weighted by molar-refractivity contribution is -0.139. The van der Waals surface area contributed by atoms with Gasteiger partial charge in [-0.15, -0.1) is 0 Å². The Labute approximate surface area is 200 Å². The zero-order chi connectivity index (χ0) is 24.1. The second-order valence-corrected chi connectivity index (χ2v) is 9.27. The summed E-state index contributed by atoms with van der Waals surface area (Å²) in [5.41, 5.74) is 1.72. The monoisotopic (exact) mass is 476 g/mol. The van der Waals surface area contributed by atoms with Crippen LogP contribution in [-0.4, -0.2) is 79.0 Å². The second kappa shape index (κ2) is 11.0. The summed E-state index contributed by atoms with van der Waals surface area (Å²) in [4.78, 5) is 43.8. The minimum atomic E-state index is -0.657. The predicted molar refractivity (Wildman–Crippen MR) is 127 cm³/mol. The topological polar surface area (TPSA) is 82.2 Å². The van der Waals surface area contributed by atoms with E-state index in [2.05, 4.69) is 10.2 Å². The molecule has 0 saturated carbocycles. The van der Waals surface area contributed by atoms with Crippen molar-refractivity contribution in [2.24, 2.45) is 5.92 Å². The molecule has 0 spiro atoms. The lowest BCUT2D eigenvalue weighted by Crippen LogP contribution is -2.53. The summed E-state index contributed by atoms with van der Waals surface area (Å²) in [5.74, 6) is 0.0342. The van der Waals surface area contributed by atoms with Crippen LogP contribution in [-0.2, 0) is 14.3 Å². The van der Waals surface area contributed by atoms with Crippen molar-refractivity contribution in [1.82, 2.24) is 20.0 Å². The number of nitrogens with zero attached hydrogens (tertiary/aromatic N) is 3. The number of ether oxygens (including phenoxy) is 1. The first kappa shape index (κ1) is 25.1. The molecule has 0 bridgehead atoms. The van der Waals surface area contributed by atoms with Gasteiger partial charge in [0.05, 0.1) is 18.2 Å². The van der Waals surface area contributed by atoms with Gasteiger partial charge < -0.3 is 15.0 Å². The Morgan fingerprint density at radius 3 is 2.52 bits per heavy atom. The highest BCUT2D eigenvalue weighted by atomic mass is 35.5. The standard InChI is InChI=1S/C24H33ClN4O4/c1-5-33-23(31)21-19(15-28-9-11-29(12-10-28)20(30)13-16(2)3)27(4)24(32)26-22(21)17-7-6-8-18(25)14-17/h6-8,14,16,22H,5,9-13,15H2,1-4H3,(H,26,32). The van der Waals surface area contributed by atoms with Crippen LogP contribution >= 0.6 is 11.6 Å². The lowest BCUT2D eigenvalue weighted by atomic mass is 9.94. The van der Waals surface area contributed by atoms with Crippen LogP contribution in [0.1, 0.15) is 38.8 Å². The quantitative estimate of drug-likeness (QED) is 0.612. The molecule has 3 rings (SSSR count). The summed E-state index contributed by atoms with van der Waals surface area (Å²) in [6, 6.07) is 6.16. The van der Waals surface area contributed by atoms with E-state index in [1.165, 1.54) is 4.90 Å². The Hall–Kier alpha value is -2.58. The average molecular weight is 477 g/mol. The van der Waals surface area contributed by atoms with Crippen LogP contribution in [0.25, 0.3) is 0 Å². The minimum absolute atomic E-state index is 0.172. The maximum atomic E-state index is 13.1. The molecule has 33 heavy (non-hydrogen) atoms. The van der Waals surface area contributed by atoms with Crippen molar-refractivity contribution in [3.63, 3.8) is 0 Å². The van der Waals surface area contributed by atoms with Gasteiger partial charge in [-0.2, -0.15) is 0 Å². The molecule has 1 aromatic rings. The number of carbonyl (C=O) groups is 3. The summed E-state index contributed by atoms with van der Waals surface area (Å²) in [6.07, 6.45) is 0.544. The summed E-state index contributed by atoms with van der Waals surface area (Å²) < 4.78 is 5.37. The Bertz CT molecular complexity index is 925. The predicted octanol–water partition coefficient (Wildman–Crippen LogP) is 3.04. The van der Waals surface area contributed by atoms with Gasteiger partial charge in [0.2, 0.25) is 5.91 Å². The molecule has 8 nitrogen and oxygen atoms in total. The van der Waals surface area contributed by atoms with Gasteiger partial charge in [-0.1, -0.05) is 37.6 Å². The fourth-order valence-corrected chi connectivity index (χ4v) is 4.38. The molecule has 2 aliphatic heterocycles. The van der Waals surface area contributed by atoms with Crippen molar-refractivity contribution in [3.05, 3.63) is 46.1 Å². The summed E-state index contributed by atoms with van der Waals surface area (Å²) in [6.45, 7) is 9.05. The van der Waals surface area contributed by atoms with Crippen LogP contribution in [0, 0.1) is 5.92 Å². The molecule has 1 atom stereocenters. The highest BCUT2D eigenvalue weighted by molar-refractivity contribution is 6.30. The van der Waals surface area contributed by atoms with Gasteiger partial charge in [0.15, 0.2) is 0 Å². The van der Waals surface area contributed by atoms with E-state index in [0.717, 1.165) is 0 Å².